The minimum Gasteiger partial charge on any atom is -0.476 e. The Morgan fingerprint density at radius 3 is 1.27 bits per heavy atom. The van der Waals surface area contributed by atoms with E-state index in [1.165, 1.54) is 41.3 Å². The van der Waals surface area contributed by atoms with Gasteiger partial charge in [0, 0.05) is 87.6 Å². The minimum atomic E-state index is -1.20. The number of likely N-dealkylation sites (N-methyl/N-ethyl adjacent to an activating group) is 2. The molecule has 472 valence electrons. The topological polar surface area (TPSA) is 287 Å². The lowest BCUT2D eigenvalue weighted by molar-refractivity contribution is -0.163. The third-order valence-electron chi connectivity index (χ3n) is 16.1. The highest BCUT2D eigenvalue weighted by Gasteiger charge is 2.42. The van der Waals surface area contributed by atoms with Crippen molar-refractivity contribution in [3.8, 4) is 0 Å². The van der Waals surface area contributed by atoms with E-state index in [0.717, 1.165) is 74.3 Å². The van der Waals surface area contributed by atoms with Crippen molar-refractivity contribution in [3.05, 3.63) is 32.2 Å². The van der Waals surface area contributed by atoms with Crippen LogP contribution < -0.4 is 0 Å². The van der Waals surface area contributed by atoms with E-state index in [-0.39, 0.29) is 121 Å². The van der Waals surface area contributed by atoms with E-state index in [0.29, 0.717) is 24.3 Å². The molecule has 2 aromatic heterocycles. The Bertz CT molecular complexity index is 2520. The van der Waals surface area contributed by atoms with Crippen LogP contribution in [-0.2, 0) is 57.3 Å². The van der Waals surface area contributed by atoms with Crippen LogP contribution in [0.1, 0.15) is 216 Å². The minimum absolute atomic E-state index is 0.0289. The summed E-state index contributed by atoms with van der Waals surface area (Å²) in [6, 6.07) is -1.62. The van der Waals surface area contributed by atoms with Crippen LogP contribution in [0.3, 0.4) is 0 Å². The van der Waals surface area contributed by atoms with Gasteiger partial charge in [-0.1, -0.05) is 88.0 Å². The van der Waals surface area contributed by atoms with Crippen molar-refractivity contribution >= 4 is 81.9 Å². The summed E-state index contributed by atoms with van der Waals surface area (Å²) in [5.41, 5.74) is -0.332. The second-order valence-corrected chi connectivity index (χ2v) is 24.9. The first-order valence-electron chi connectivity index (χ1n) is 29.6. The smallest absolute Gasteiger partial charge is 0.355 e. The average molecular weight is 1220 g/mol. The second kappa shape index (κ2) is 35.7. The summed E-state index contributed by atoms with van der Waals surface area (Å²) in [5.74, 6) is -6.96. The lowest BCUT2D eigenvalue weighted by Gasteiger charge is -2.39. The fourth-order valence-corrected chi connectivity index (χ4v) is 12.4. The monoisotopic (exact) mass is 1220 g/mol. The van der Waals surface area contributed by atoms with Gasteiger partial charge < -0.3 is 39.0 Å². The summed E-state index contributed by atoms with van der Waals surface area (Å²) < 4.78 is 22.1. The third kappa shape index (κ3) is 22.3. The van der Waals surface area contributed by atoms with Gasteiger partial charge in [-0.15, -0.1) is 22.7 Å². The van der Waals surface area contributed by atoms with E-state index in [1.54, 1.807) is 0 Å². The number of carboxylic acid groups (broad SMARTS) is 2. The predicted molar refractivity (Wildman–Crippen MR) is 316 cm³/mol. The Hall–Kier alpha value is -5.72. The fourth-order valence-electron chi connectivity index (χ4n) is 10.8. The molecule has 0 saturated carbocycles. The number of aromatic nitrogens is 2. The fraction of sp³-hybridized carbons (Fsp3) is 0.733. The van der Waals surface area contributed by atoms with Crippen molar-refractivity contribution in [1.82, 2.24) is 29.6 Å². The zero-order valence-electron chi connectivity index (χ0n) is 51.9. The van der Waals surface area contributed by atoms with Gasteiger partial charge in [0.2, 0.25) is 11.8 Å². The van der Waals surface area contributed by atoms with Gasteiger partial charge in [-0.25, -0.2) is 19.6 Å². The Kier molecular flexibility index (Phi) is 30.8. The molecule has 2 aromatic rings. The lowest BCUT2D eigenvalue weighted by atomic mass is 9.82. The molecule has 0 aromatic carbocycles. The highest BCUT2D eigenvalue weighted by molar-refractivity contribution is 7.10. The Morgan fingerprint density at radius 1 is 0.595 bits per heavy atom. The first-order chi connectivity index (χ1) is 39.6. The summed E-state index contributed by atoms with van der Waals surface area (Å²) in [5, 5.41) is 22.0. The number of amides is 2. The summed E-state index contributed by atoms with van der Waals surface area (Å²) >= 11 is 2.11. The molecule has 0 aliphatic carbocycles. The SMILES string of the molecule is CCCC(=O)OCN(C(=O)[C@@H](CC(=O)C1CCCCN1C)[C@@H](C)CC)[C@H](C[C@@H](OC(C)=O)c1nc(C(=O)O)cs1)C(C)C.CC[C@H](C)[C@H](CC(=O)C1CCCCN1C)C(=O)N(COC(C)=O)[C@H](C[C@@H](OC(C)=O)c1nc(C(=O)O)cs1)C(C)C. The highest BCUT2D eigenvalue weighted by atomic mass is 32.1. The number of carbonyl (C=O) groups excluding carboxylic acids is 8. The molecule has 2 N–H and O–H groups in total. The first kappa shape index (κ1) is 72.5. The number of ketones is 2. The molecule has 2 aliphatic heterocycles. The third-order valence-corrected chi connectivity index (χ3v) is 18.0. The number of thiazole rings is 2. The van der Waals surface area contributed by atoms with E-state index in [4.69, 9.17) is 18.9 Å². The molecule has 24 heteroatoms. The maximum Gasteiger partial charge on any atom is 0.355 e. The lowest BCUT2D eigenvalue weighted by Crippen LogP contribution is -2.50. The van der Waals surface area contributed by atoms with Crippen LogP contribution in [0.2, 0.25) is 0 Å². The summed E-state index contributed by atoms with van der Waals surface area (Å²) in [6.07, 6.45) is 6.18. The molecule has 2 unspecified atom stereocenters. The molecule has 2 saturated heterocycles. The van der Waals surface area contributed by atoms with Crippen LogP contribution in [0.25, 0.3) is 0 Å². The number of carbonyl (C=O) groups is 10. The first-order valence-corrected chi connectivity index (χ1v) is 31.4. The number of nitrogens with zero attached hydrogens (tertiary/aromatic N) is 6. The van der Waals surface area contributed by atoms with Crippen molar-refractivity contribution in [2.75, 3.05) is 40.6 Å². The maximum atomic E-state index is 14.5. The molecular weight excluding hydrogens is 1120 g/mol. The van der Waals surface area contributed by atoms with Crippen molar-refractivity contribution in [3.63, 3.8) is 0 Å². The number of aromatic carboxylic acids is 2. The normalized spacial score (nSPS) is 18.5. The number of ether oxygens (including phenoxy) is 4. The predicted octanol–water partition coefficient (Wildman–Crippen LogP) is 9.41. The standard InChI is InChI=1S/C31H49N3O8S.C29H45N3O8S/c1-8-12-28(37)41-18-34(30(38)22(20(5)9-2)15-26(36)24-13-10-11-14-33(24)7)25(19(3)4)16-27(42-21(6)35)29-32-23(17-43-29)31(39)40;1-8-18(4)21(13-25(35)23-11-9-10-12-31(23)7)28(36)32(16-39-19(5)33)24(17(2)3)14-26(40-20(6)34)27-30-22(15-41-27)29(37)38/h17,19-20,22,24-25,27H,8-16,18H2,1-7H3,(H,39,40);15,17-18,21,23-24,26H,8-14,16H2,1-7H3,(H,37,38)/t20-,22-,24?,25+,27+;18-,21-,23?,24+,26+/m00/s1. The van der Waals surface area contributed by atoms with Crippen molar-refractivity contribution in [1.29, 1.82) is 0 Å². The number of likely N-dealkylation sites (tertiary alicyclic amines) is 2. The Morgan fingerprint density at radius 2 is 0.976 bits per heavy atom. The van der Waals surface area contributed by atoms with Gasteiger partial charge in [-0.3, -0.25) is 48.2 Å². The quantitative estimate of drug-likeness (QED) is 0.0391. The number of piperidine rings is 2. The van der Waals surface area contributed by atoms with Crippen LogP contribution in [0.15, 0.2) is 10.8 Å². The summed E-state index contributed by atoms with van der Waals surface area (Å²) in [7, 11) is 3.88. The van der Waals surface area contributed by atoms with Gasteiger partial charge in [0.25, 0.3) is 0 Å². The number of esters is 4. The van der Waals surface area contributed by atoms with E-state index in [2.05, 4.69) is 19.8 Å². The summed E-state index contributed by atoms with van der Waals surface area (Å²) in [4.78, 5) is 143. The molecule has 0 radical (unpaired) electrons. The highest BCUT2D eigenvalue weighted by Crippen LogP contribution is 2.36. The molecule has 2 aliphatic rings. The Labute approximate surface area is 504 Å². The number of rotatable bonds is 32. The molecule has 2 fully saturated rings. The van der Waals surface area contributed by atoms with Crippen molar-refractivity contribution in [2.24, 2.45) is 35.5 Å². The van der Waals surface area contributed by atoms with E-state index in [1.807, 2.05) is 76.4 Å². The molecule has 0 bridgehead atoms. The van der Waals surface area contributed by atoms with Gasteiger partial charge in [0.1, 0.15) is 10.0 Å². The molecule has 10 atom stereocenters. The number of hydrogen-bond donors (Lipinski definition) is 2. The number of hydrogen-bond acceptors (Lipinski definition) is 20. The largest absolute Gasteiger partial charge is 0.476 e. The van der Waals surface area contributed by atoms with Gasteiger partial charge in [0.15, 0.2) is 48.6 Å². The van der Waals surface area contributed by atoms with Gasteiger partial charge in [-0.2, -0.15) is 0 Å². The van der Waals surface area contributed by atoms with Crippen LogP contribution in [0.4, 0.5) is 0 Å². The van der Waals surface area contributed by atoms with Crippen molar-refractivity contribution in [2.45, 2.75) is 209 Å². The van der Waals surface area contributed by atoms with Gasteiger partial charge >= 0.3 is 35.8 Å². The molecule has 22 nitrogen and oxygen atoms in total. The zero-order chi connectivity index (χ0) is 63.1. The molecule has 84 heavy (non-hydrogen) atoms. The van der Waals surface area contributed by atoms with E-state index < -0.39 is 71.9 Å². The van der Waals surface area contributed by atoms with Crippen LogP contribution >= 0.6 is 22.7 Å². The molecule has 0 spiro atoms. The van der Waals surface area contributed by atoms with Crippen LogP contribution in [0, 0.1) is 35.5 Å². The summed E-state index contributed by atoms with van der Waals surface area (Å²) in [6.45, 7) is 22.1. The van der Waals surface area contributed by atoms with Crippen LogP contribution in [-0.4, -0.2) is 164 Å². The average Bonchev–Trinajstić information content (AvgIpc) is 3.22. The molecule has 4 heterocycles. The van der Waals surface area contributed by atoms with E-state index in [9.17, 15) is 58.2 Å². The number of carboxylic acids is 2. The molecular formula is C60H94N6O16S2. The zero-order valence-corrected chi connectivity index (χ0v) is 53.6. The maximum absolute atomic E-state index is 14.5. The van der Waals surface area contributed by atoms with Crippen molar-refractivity contribution < 1.29 is 77.1 Å². The van der Waals surface area contributed by atoms with Crippen LogP contribution in [0.5, 0.6) is 0 Å². The van der Waals surface area contributed by atoms with Gasteiger partial charge in [0.05, 0.1) is 12.1 Å². The van der Waals surface area contributed by atoms with Gasteiger partial charge in [-0.05, 0) is 83.0 Å². The molecule has 2 amide bonds. The second-order valence-electron chi connectivity index (χ2n) is 23.1. The molecule has 4 rings (SSSR count). The Balaban J connectivity index is 0.000000441. The van der Waals surface area contributed by atoms with E-state index >= 15 is 0 Å². The number of Topliss-reactive ketones (excluding diaryl/α,β-unsaturated/α-hetero) is 2.